The molecule has 1 spiro atoms. The Hall–Kier alpha value is -1.00. The lowest BCUT2D eigenvalue weighted by atomic mass is 9.40. The van der Waals surface area contributed by atoms with Crippen LogP contribution in [-0.4, -0.2) is 34.5 Å². The van der Waals surface area contributed by atoms with Gasteiger partial charge in [0.1, 0.15) is 6.29 Å². The predicted octanol–water partition coefficient (Wildman–Crippen LogP) is 2.28. The minimum atomic E-state index is -0.826. The molecule has 0 aromatic carbocycles. The van der Waals surface area contributed by atoms with Crippen molar-refractivity contribution in [3.63, 3.8) is 0 Å². The summed E-state index contributed by atoms with van der Waals surface area (Å²) in [6.45, 7) is 8.15. The molecular weight excluding hydrogens is 304 g/mol. The minimum absolute atomic E-state index is 0.0281. The maximum Gasteiger partial charge on any atom is 0.167 e. The van der Waals surface area contributed by atoms with Gasteiger partial charge in [0, 0.05) is 11.3 Å². The Balaban J connectivity index is 1.85. The fourth-order valence-electron chi connectivity index (χ4n) is 7.35. The summed E-state index contributed by atoms with van der Waals surface area (Å²) < 4.78 is 0. The number of aliphatic hydroxyl groups excluding tert-OH is 2. The van der Waals surface area contributed by atoms with Gasteiger partial charge in [-0.1, -0.05) is 26.8 Å². The molecule has 4 rings (SSSR count). The second-order valence-electron chi connectivity index (χ2n) is 9.30. The quantitative estimate of drug-likeness (QED) is 0.571. The van der Waals surface area contributed by atoms with Crippen LogP contribution in [0.5, 0.6) is 0 Å². The van der Waals surface area contributed by atoms with Crippen molar-refractivity contribution in [1.29, 1.82) is 0 Å². The molecule has 2 bridgehead atoms. The van der Waals surface area contributed by atoms with Crippen LogP contribution in [0.25, 0.3) is 0 Å². The largest absolute Gasteiger partial charge is 0.392 e. The van der Waals surface area contributed by atoms with Gasteiger partial charge in [-0.3, -0.25) is 4.79 Å². The van der Waals surface area contributed by atoms with Gasteiger partial charge >= 0.3 is 0 Å². The molecule has 4 heteroatoms. The van der Waals surface area contributed by atoms with Gasteiger partial charge in [0.15, 0.2) is 5.78 Å². The summed E-state index contributed by atoms with van der Waals surface area (Å²) in [7, 11) is 0. The molecule has 0 aromatic heterocycles. The van der Waals surface area contributed by atoms with E-state index in [2.05, 4.69) is 13.5 Å². The Morgan fingerprint density at radius 2 is 1.88 bits per heavy atom. The summed E-state index contributed by atoms with van der Waals surface area (Å²) in [5.41, 5.74) is -0.930. The van der Waals surface area contributed by atoms with Crippen LogP contribution in [-0.2, 0) is 9.59 Å². The smallest absolute Gasteiger partial charge is 0.167 e. The molecule has 4 fully saturated rings. The molecule has 4 nitrogen and oxygen atoms in total. The standard InChI is InChI=1S/C20H28O4/c1-11-15-12(22)9-14-19(3)7-4-6-18(2,10-21)13(19)5-8-20(14,16(11)23)17(15)24/h10,12-15,17,22,24H,1,4-9H2,2-3H3. The highest BCUT2D eigenvalue weighted by Gasteiger charge is 2.72. The van der Waals surface area contributed by atoms with Crippen molar-refractivity contribution in [3.8, 4) is 0 Å². The third-order valence-electron chi connectivity index (χ3n) is 8.43. The van der Waals surface area contributed by atoms with Crippen molar-refractivity contribution in [3.05, 3.63) is 12.2 Å². The maximum absolute atomic E-state index is 13.1. The fourth-order valence-corrected chi connectivity index (χ4v) is 7.35. The highest BCUT2D eigenvalue weighted by molar-refractivity contribution is 6.04. The summed E-state index contributed by atoms with van der Waals surface area (Å²) in [5, 5.41) is 21.6. The van der Waals surface area contributed by atoms with Crippen LogP contribution >= 0.6 is 0 Å². The van der Waals surface area contributed by atoms with E-state index in [0.717, 1.165) is 32.0 Å². The second-order valence-corrected chi connectivity index (χ2v) is 9.30. The molecule has 4 saturated carbocycles. The molecule has 4 aliphatic rings. The van der Waals surface area contributed by atoms with Crippen LogP contribution in [0.2, 0.25) is 0 Å². The molecule has 0 radical (unpaired) electrons. The normalized spacial score (nSPS) is 56.6. The Kier molecular flexibility index (Phi) is 3.29. The van der Waals surface area contributed by atoms with E-state index in [1.54, 1.807) is 0 Å². The number of hydrogen-bond acceptors (Lipinski definition) is 4. The molecule has 0 saturated heterocycles. The van der Waals surface area contributed by atoms with Crippen LogP contribution in [0.1, 0.15) is 52.4 Å². The van der Waals surface area contributed by atoms with Gasteiger partial charge in [-0.25, -0.2) is 0 Å². The number of hydrogen-bond donors (Lipinski definition) is 2. The Morgan fingerprint density at radius 1 is 1.17 bits per heavy atom. The number of fused-ring (bicyclic) bond motifs is 3. The Morgan fingerprint density at radius 3 is 2.54 bits per heavy atom. The first-order valence-electron chi connectivity index (χ1n) is 9.28. The van der Waals surface area contributed by atoms with E-state index in [1.807, 2.05) is 6.92 Å². The zero-order valence-electron chi connectivity index (χ0n) is 14.6. The van der Waals surface area contributed by atoms with Crippen LogP contribution in [0, 0.1) is 34.0 Å². The highest BCUT2D eigenvalue weighted by Crippen LogP contribution is 2.70. The minimum Gasteiger partial charge on any atom is -0.392 e. The van der Waals surface area contributed by atoms with Gasteiger partial charge in [-0.2, -0.15) is 0 Å². The Labute approximate surface area is 143 Å². The summed E-state index contributed by atoms with van der Waals surface area (Å²) >= 11 is 0. The molecule has 2 N–H and O–H groups in total. The van der Waals surface area contributed by atoms with Crippen molar-refractivity contribution in [2.24, 2.45) is 34.0 Å². The lowest BCUT2D eigenvalue weighted by Crippen LogP contribution is -2.63. The van der Waals surface area contributed by atoms with Gasteiger partial charge in [0.2, 0.25) is 0 Å². The lowest BCUT2D eigenvalue weighted by Gasteiger charge is -2.63. The zero-order valence-corrected chi connectivity index (χ0v) is 14.6. The van der Waals surface area contributed by atoms with Crippen molar-refractivity contribution < 1.29 is 19.8 Å². The Bertz CT molecular complexity index is 627. The fraction of sp³-hybridized carbons (Fsp3) is 0.800. The average Bonchev–Trinajstić information content (AvgIpc) is 2.66. The van der Waals surface area contributed by atoms with E-state index in [9.17, 15) is 19.8 Å². The van der Waals surface area contributed by atoms with Crippen LogP contribution in [0.15, 0.2) is 12.2 Å². The third kappa shape index (κ3) is 1.62. The van der Waals surface area contributed by atoms with E-state index >= 15 is 0 Å². The first-order chi connectivity index (χ1) is 11.2. The summed E-state index contributed by atoms with van der Waals surface area (Å²) in [6, 6.07) is 0. The van der Waals surface area contributed by atoms with Crippen LogP contribution < -0.4 is 0 Å². The number of aliphatic hydroxyl groups is 2. The number of aldehydes is 1. The average molecular weight is 332 g/mol. The molecular formula is C20H28O4. The number of rotatable bonds is 1. The van der Waals surface area contributed by atoms with E-state index in [-0.39, 0.29) is 28.4 Å². The molecule has 8 atom stereocenters. The molecule has 0 amide bonds. The van der Waals surface area contributed by atoms with Crippen LogP contribution in [0.3, 0.4) is 0 Å². The van der Waals surface area contributed by atoms with Gasteiger partial charge in [-0.05, 0) is 54.9 Å². The monoisotopic (exact) mass is 332 g/mol. The van der Waals surface area contributed by atoms with Gasteiger partial charge in [0.25, 0.3) is 0 Å². The van der Waals surface area contributed by atoms with Crippen molar-refractivity contribution in [1.82, 2.24) is 0 Å². The number of ketones is 1. The molecule has 132 valence electrons. The van der Waals surface area contributed by atoms with Crippen LogP contribution in [0.4, 0.5) is 0 Å². The third-order valence-corrected chi connectivity index (χ3v) is 8.43. The lowest BCUT2D eigenvalue weighted by molar-refractivity contribution is -0.201. The predicted molar refractivity (Wildman–Crippen MR) is 89.0 cm³/mol. The van der Waals surface area contributed by atoms with E-state index in [0.29, 0.717) is 18.4 Å². The zero-order chi connectivity index (χ0) is 17.5. The van der Waals surface area contributed by atoms with Gasteiger partial charge < -0.3 is 15.0 Å². The molecule has 0 aliphatic heterocycles. The number of carbonyl (C=O) groups excluding carboxylic acids is 2. The maximum atomic E-state index is 13.1. The first-order valence-corrected chi connectivity index (χ1v) is 9.28. The van der Waals surface area contributed by atoms with Crippen molar-refractivity contribution in [2.45, 2.75) is 64.6 Å². The van der Waals surface area contributed by atoms with E-state index in [1.165, 1.54) is 0 Å². The first kappa shape index (κ1) is 16.5. The SMILES string of the molecule is C=C1C(=O)C23CCC4C(C)(C=O)CCCC4(C)C2CC(O)C1C3O. The summed E-state index contributed by atoms with van der Waals surface area (Å²) in [5.74, 6) is -0.393. The molecule has 0 aromatic rings. The van der Waals surface area contributed by atoms with E-state index < -0.39 is 23.5 Å². The number of Topliss-reactive ketones (excluding diaryl/α,β-unsaturated/α-hetero) is 1. The highest BCUT2D eigenvalue weighted by atomic mass is 16.3. The van der Waals surface area contributed by atoms with E-state index in [4.69, 9.17) is 0 Å². The summed E-state index contributed by atoms with van der Waals surface area (Å²) in [4.78, 5) is 25.0. The van der Waals surface area contributed by atoms with Gasteiger partial charge in [-0.15, -0.1) is 0 Å². The van der Waals surface area contributed by atoms with Crippen molar-refractivity contribution in [2.75, 3.05) is 0 Å². The summed E-state index contributed by atoms with van der Waals surface area (Å²) in [6.07, 6.45) is 4.33. The number of carbonyl (C=O) groups is 2. The molecule has 0 heterocycles. The van der Waals surface area contributed by atoms with Crippen molar-refractivity contribution >= 4 is 12.1 Å². The van der Waals surface area contributed by atoms with Gasteiger partial charge in [0.05, 0.1) is 17.6 Å². The molecule has 8 unspecified atom stereocenters. The molecule has 4 aliphatic carbocycles. The molecule has 24 heavy (non-hydrogen) atoms. The second kappa shape index (κ2) is 4.79. The topological polar surface area (TPSA) is 74.6 Å².